The summed E-state index contributed by atoms with van der Waals surface area (Å²) in [6.45, 7) is 0.385. The van der Waals surface area contributed by atoms with Crippen LogP contribution in [-0.2, 0) is 4.79 Å². The fourth-order valence-electron chi connectivity index (χ4n) is 2.21. The Labute approximate surface area is 123 Å². The van der Waals surface area contributed by atoms with E-state index in [2.05, 4.69) is 21.2 Å². The Balaban J connectivity index is 2.14. The summed E-state index contributed by atoms with van der Waals surface area (Å²) in [7, 11) is 0. The number of likely N-dealkylation sites (tertiary alicyclic amines) is 1. The minimum absolute atomic E-state index is 0.282. The fraction of sp³-hybridized carbons (Fsp3) is 0.385. The summed E-state index contributed by atoms with van der Waals surface area (Å²) < 4.78 is 13.7. The Morgan fingerprint density at radius 3 is 2.85 bits per heavy atom. The molecule has 1 unspecified atom stereocenters. The number of urea groups is 1. The van der Waals surface area contributed by atoms with Crippen LogP contribution in [0.4, 0.5) is 14.9 Å². The average Bonchev–Trinajstić information content (AvgIpc) is 2.42. The number of benzene rings is 1. The number of anilines is 1. The first-order valence-electron chi connectivity index (χ1n) is 6.24. The van der Waals surface area contributed by atoms with Crippen molar-refractivity contribution in [1.29, 1.82) is 0 Å². The Hall–Kier alpha value is -1.63. The van der Waals surface area contributed by atoms with Gasteiger partial charge in [-0.25, -0.2) is 14.0 Å². The summed E-state index contributed by atoms with van der Waals surface area (Å²) >= 11 is 3.21. The molecule has 1 aliphatic heterocycles. The van der Waals surface area contributed by atoms with Gasteiger partial charge in [-0.05, 0) is 53.4 Å². The molecule has 0 aromatic heterocycles. The number of hydrogen-bond donors (Lipinski definition) is 2. The summed E-state index contributed by atoms with van der Waals surface area (Å²) in [5, 5.41) is 11.7. The number of piperidine rings is 1. The normalized spacial score (nSPS) is 18.7. The Morgan fingerprint density at radius 1 is 1.40 bits per heavy atom. The van der Waals surface area contributed by atoms with Gasteiger partial charge in [-0.15, -0.1) is 0 Å². The smallest absolute Gasteiger partial charge is 0.326 e. The number of amides is 2. The van der Waals surface area contributed by atoms with Gasteiger partial charge in [0.1, 0.15) is 11.9 Å². The quantitative estimate of drug-likeness (QED) is 0.866. The van der Waals surface area contributed by atoms with E-state index in [1.54, 1.807) is 0 Å². The highest BCUT2D eigenvalue weighted by Gasteiger charge is 2.32. The van der Waals surface area contributed by atoms with Crippen molar-refractivity contribution in [3.05, 3.63) is 28.5 Å². The van der Waals surface area contributed by atoms with Crippen molar-refractivity contribution < 1.29 is 19.1 Å². The van der Waals surface area contributed by atoms with Crippen LogP contribution < -0.4 is 5.32 Å². The Kier molecular flexibility index (Phi) is 4.59. The predicted octanol–water partition coefficient (Wildman–Crippen LogP) is 3.06. The number of carboxylic acid groups (broad SMARTS) is 1. The van der Waals surface area contributed by atoms with Crippen molar-refractivity contribution in [2.45, 2.75) is 25.3 Å². The van der Waals surface area contributed by atoms with E-state index in [0.717, 1.165) is 12.8 Å². The molecule has 0 bridgehead atoms. The molecule has 2 rings (SSSR count). The van der Waals surface area contributed by atoms with E-state index in [1.165, 1.54) is 23.1 Å². The van der Waals surface area contributed by atoms with E-state index >= 15 is 0 Å². The SMILES string of the molecule is O=C(O)C1CCCCN1C(=O)Nc1cc(F)ccc1Br. The second-order valence-electron chi connectivity index (χ2n) is 4.60. The molecule has 1 atom stereocenters. The number of rotatable bonds is 2. The average molecular weight is 345 g/mol. The van der Waals surface area contributed by atoms with Crippen LogP contribution in [0.1, 0.15) is 19.3 Å². The maximum absolute atomic E-state index is 13.2. The molecular weight excluding hydrogens is 331 g/mol. The van der Waals surface area contributed by atoms with Crippen LogP contribution in [0.5, 0.6) is 0 Å². The third-order valence-electron chi connectivity index (χ3n) is 3.22. The van der Waals surface area contributed by atoms with E-state index in [4.69, 9.17) is 5.11 Å². The first-order chi connectivity index (χ1) is 9.49. The first kappa shape index (κ1) is 14.8. The topological polar surface area (TPSA) is 69.6 Å². The highest BCUT2D eigenvalue weighted by molar-refractivity contribution is 9.10. The molecule has 1 aromatic rings. The van der Waals surface area contributed by atoms with E-state index < -0.39 is 23.9 Å². The number of halogens is 2. The van der Waals surface area contributed by atoms with Crippen LogP contribution in [0.15, 0.2) is 22.7 Å². The summed E-state index contributed by atoms with van der Waals surface area (Å²) in [6.07, 6.45) is 1.99. The van der Waals surface area contributed by atoms with Crippen molar-refractivity contribution >= 4 is 33.6 Å². The van der Waals surface area contributed by atoms with Crippen molar-refractivity contribution in [3.8, 4) is 0 Å². The lowest BCUT2D eigenvalue weighted by molar-refractivity contribution is -0.143. The Bertz CT molecular complexity index is 538. The standard InChI is InChI=1S/C13H14BrFN2O3/c14-9-5-4-8(15)7-10(9)16-13(20)17-6-2-1-3-11(17)12(18)19/h4-5,7,11H,1-3,6H2,(H,16,20)(H,18,19). The zero-order valence-electron chi connectivity index (χ0n) is 10.6. The molecule has 0 spiro atoms. The third kappa shape index (κ3) is 3.27. The van der Waals surface area contributed by atoms with Gasteiger partial charge in [-0.1, -0.05) is 0 Å². The number of nitrogens with one attached hydrogen (secondary N) is 1. The molecule has 1 aliphatic rings. The van der Waals surface area contributed by atoms with E-state index in [-0.39, 0.29) is 5.69 Å². The van der Waals surface area contributed by atoms with Gasteiger partial charge in [-0.2, -0.15) is 0 Å². The minimum atomic E-state index is -1.02. The molecule has 1 heterocycles. The monoisotopic (exact) mass is 344 g/mol. The van der Waals surface area contributed by atoms with Gasteiger partial charge in [0.2, 0.25) is 0 Å². The van der Waals surface area contributed by atoms with Gasteiger partial charge in [0, 0.05) is 11.0 Å². The van der Waals surface area contributed by atoms with Gasteiger partial charge in [-0.3, -0.25) is 0 Å². The number of carboxylic acids is 1. The van der Waals surface area contributed by atoms with Gasteiger partial charge in [0.05, 0.1) is 5.69 Å². The van der Waals surface area contributed by atoms with Gasteiger partial charge >= 0.3 is 12.0 Å². The predicted molar refractivity (Wildman–Crippen MR) is 75.1 cm³/mol. The molecule has 5 nitrogen and oxygen atoms in total. The highest BCUT2D eigenvalue weighted by Crippen LogP contribution is 2.25. The number of carbonyl (C=O) groups excluding carboxylic acids is 1. The largest absolute Gasteiger partial charge is 0.480 e. The van der Waals surface area contributed by atoms with Gasteiger partial charge in [0.15, 0.2) is 0 Å². The fourth-order valence-corrected chi connectivity index (χ4v) is 2.56. The second-order valence-corrected chi connectivity index (χ2v) is 5.45. The first-order valence-corrected chi connectivity index (χ1v) is 7.04. The molecule has 1 aromatic carbocycles. The minimum Gasteiger partial charge on any atom is -0.480 e. The van der Waals surface area contributed by atoms with Crippen molar-refractivity contribution in [2.75, 3.05) is 11.9 Å². The van der Waals surface area contributed by atoms with Crippen LogP contribution in [0, 0.1) is 5.82 Å². The van der Waals surface area contributed by atoms with E-state index in [9.17, 15) is 14.0 Å². The third-order valence-corrected chi connectivity index (χ3v) is 3.91. The lowest BCUT2D eigenvalue weighted by atomic mass is 10.0. The molecule has 2 N–H and O–H groups in total. The summed E-state index contributed by atoms with van der Waals surface area (Å²) in [6, 6.07) is 2.58. The van der Waals surface area contributed by atoms with Gasteiger partial charge < -0.3 is 15.3 Å². The number of hydrogen-bond acceptors (Lipinski definition) is 2. The van der Waals surface area contributed by atoms with Crippen molar-refractivity contribution in [2.24, 2.45) is 0 Å². The zero-order valence-corrected chi connectivity index (χ0v) is 12.2. The molecule has 108 valence electrons. The Morgan fingerprint density at radius 2 is 2.15 bits per heavy atom. The molecule has 1 saturated heterocycles. The molecular formula is C13H14BrFN2O3. The van der Waals surface area contributed by atoms with Crippen LogP contribution in [0.3, 0.4) is 0 Å². The molecule has 2 amide bonds. The molecule has 20 heavy (non-hydrogen) atoms. The summed E-state index contributed by atoms with van der Waals surface area (Å²) in [4.78, 5) is 24.6. The van der Waals surface area contributed by atoms with E-state index in [1.807, 2.05) is 0 Å². The van der Waals surface area contributed by atoms with E-state index in [0.29, 0.717) is 17.4 Å². The molecule has 7 heteroatoms. The maximum atomic E-state index is 13.2. The second kappa shape index (κ2) is 6.21. The molecule has 1 fully saturated rings. The number of carbonyl (C=O) groups is 2. The number of aliphatic carboxylic acids is 1. The number of nitrogens with zero attached hydrogens (tertiary/aromatic N) is 1. The highest BCUT2D eigenvalue weighted by atomic mass is 79.9. The summed E-state index contributed by atoms with van der Waals surface area (Å²) in [5.74, 6) is -1.49. The van der Waals surface area contributed by atoms with Crippen LogP contribution in [0.25, 0.3) is 0 Å². The zero-order chi connectivity index (χ0) is 14.7. The van der Waals surface area contributed by atoms with Gasteiger partial charge in [0.25, 0.3) is 0 Å². The van der Waals surface area contributed by atoms with Crippen LogP contribution in [-0.4, -0.2) is 34.6 Å². The lowest BCUT2D eigenvalue weighted by Crippen LogP contribution is -2.49. The van der Waals surface area contributed by atoms with Crippen molar-refractivity contribution in [1.82, 2.24) is 4.90 Å². The molecule has 0 saturated carbocycles. The molecule has 0 aliphatic carbocycles. The van der Waals surface area contributed by atoms with Crippen molar-refractivity contribution in [3.63, 3.8) is 0 Å². The van der Waals surface area contributed by atoms with Crippen LogP contribution in [0.2, 0.25) is 0 Å². The summed E-state index contributed by atoms with van der Waals surface area (Å²) in [5.41, 5.74) is 0.282. The maximum Gasteiger partial charge on any atom is 0.326 e. The van der Waals surface area contributed by atoms with Crippen LogP contribution >= 0.6 is 15.9 Å². The lowest BCUT2D eigenvalue weighted by Gasteiger charge is -2.32. The molecule has 0 radical (unpaired) electrons.